The van der Waals surface area contributed by atoms with E-state index in [4.69, 9.17) is 28.6 Å². The van der Waals surface area contributed by atoms with Crippen LogP contribution in [0.5, 0.6) is 5.75 Å². The molecule has 160 valence electrons. The summed E-state index contributed by atoms with van der Waals surface area (Å²) in [7, 11) is 1.67. The highest BCUT2D eigenvalue weighted by Gasteiger charge is 2.42. The van der Waals surface area contributed by atoms with Gasteiger partial charge in [-0.3, -0.25) is 4.98 Å². The van der Waals surface area contributed by atoms with Crippen molar-refractivity contribution in [1.29, 1.82) is 0 Å². The first-order chi connectivity index (χ1) is 15.7. The van der Waals surface area contributed by atoms with Gasteiger partial charge in [-0.05, 0) is 72.9 Å². The molecule has 4 aromatic rings. The van der Waals surface area contributed by atoms with Crippen molar-refractivity contribution < 1.29 is 4.74 Å². The minimum atomic E-state index is -0.126. The second-order valence-electron chi connectivity index (χ2n) is 7.48. The number of aromatic nitrogens is 2. The molecule has 0 radical (unpaired) electrons. The van der Waals surface area contributed by atoms with E-state index >= 15 is 0 Å². The van der Waals surface area contributed by atoms with Gasteiger partial charge in [-0.1, -0.05) is 23.7 Å². The third kappa shape index (κ3) is 3.72. The highest BCUT2D eigenvalue weighted by molar-refractivity contribution is 7.80. The van der Waals surface area contributed by atoms with Crippen LogP contribution in [-0.4, -0.2) is 21.8 Å². The fourth-order valence-electron chi connectivity index (χ4n) is 4.17. The molecule has 0 spiro atoms. The van der Waals surface area contributed by atoms with Gasteiger partial charge in [0.05, 0.1) is 18.8 Å². The molecule has 2 atom stereocenters. The van der Waals surface area contributed by atoms with Crippen LogP contribution >= 0.6 is 23.8 Å². The van der Waals surface area contributed by atoms with Crippen molar-refractivity contribution in [2.75, 3.05) is 12.0 Å². The molecular weight excluding hydrogens is 440 g/mol. The van der Waals surface area contributed by atoms with E-state index in [1.165, 1.54) is 0 Å². The topological polar surface area (TPSA) is 42.3 Å². The molecule has 7 heteroatoms. The van der Waals surface area contributed by atoms with Gasteiger partial charge in [0.15, 0.2) is 5.11 Å². The second-order valence-corrected chi connectivity index (χ2v) is 8.30. The van der Waals surface area contributed by atoms with E-state index in [0.717, 1.165) is 28.5 Å². The predicted octanol–water partition coefficient (Wildman–Crippen LogP) is 5.71. The number of nitrogens with one attached hydrogen (secondary N) is 1. The third-order valence-electron chi connectivity index (χ3n) is 5.62. The summed E-state index contributed by atoms with van der Waals surface area (Å²) in [6.07, 6.45) is 3.87. The SMILES string of the molecule is COc1cccc(-n2cccc2[C@H]2[C@H](c3ccccn3)NC(=S)N2c2ccc(Cl)cc2)c1. The quantitative estimate of drug-likeness (QED) is 0.386. The van der Waals surface area contributed by atoms with Gasteiger partial charge in [-0.2, -0.15) is 0 Å². The Morgan fingerprint density at radius 2 is 1.81 bits per heavy atom. The van der Waals surface area contributed by atoms with Gasteiger partial charge in [0, 0.05) is 40.6 Å². The Balaban J connectivity index is 1.66. The maximum atomic E-state index is 6.16. The Morgan fingerprint density at radius 3 is 2.56 bits per heavy atom. The van der Waals surface area contributed by atoms with Crippen LogP contribution in [0.3, 0.4) is 0 Å². The summed E-state index contributed by atoms with van der Waals surface area (Å²) in [4.78, 5) is 6.76. The lowest BCUT2D eigenvalue weighted by atomic mass is 10.0. The van der Waals surface area contributed by atoms with E-state index in [2.05, 4.69) is 38.1 Å². The summed E-state index contributed by atoms with van der Waals surface area (Å²) in [5.41, 5.74) is 3.98. The lowest BCUT2D eigenvalue weighted by Crippen LogP contribution is -2.30. The minimum absolute atomic E-state index is 0.125. The van der Waals surface area contributed by atoms with Gasteiger partial charge >= 0.3 is 0 Å². The molecule has 32 heavy (non-hydrogen) atoms. The Kier molecular flexibility index (Phi) is 5.55. The van der Waals surface area contributed by atoms with Crippen LogP contribution in [0, 0.1) is 0 Å². The van der Waals surface area contributed by atoms with Crippen LogP contribution in [0.1, 0.15) is 23.5 Å². The zero-order chi connectivity index (χ0) is 22.1. The molecule has 0 saturated carbocycles. The molecule has 2 aromatic heterocycles. The van der Waals surface area contributed by atoms with E-state index in [0.29, 0.717) is 10.1 Å². The molecule has 1 aliphatic rings. The average Bonchev–Trinajstić information content (AvgIpc) is 3.44. The lowest BCUT2D eigenvalue weighted by Gasteiger charge is -2.29. The molecule has 5 nitrogen and oxygen atoms in total. The summed E-state index contributed by atoms with van der Waals surface area (Å²) < 4.78 is 7.62. The van der Waals surface area contributed by atoms with Crippen molar-refractivity contribution >= 4 is 34.6 Å². The zero-order valence-corrected chi connectivity index (χ0v) is 18.9. The Labute approximate surface area is 197 Å². The summed E-state index contributed by atoms with van der Waals surface area (Å²) in [6, 6.07) is 25.6. The Bertz CT molecular complexity index is 1240. The number of anilines is 1. The normalized spacial score (nSPS) is 17.9. The van der Waals surface area contributed by atoms with Gasteiger partial charge in [-0.25, -0.2) is 0 Å². The van der Waals surface area contributed by atoms with Crippen LogP contribution in [0.4, 0.5) is 5.69 Å². The number of pyridine rings is 1. The van der Waals surface area contributed by atoms with Gasteiger partial charge < -0.3 is 19.5 Å². The number of methoxy groups -OCH3 is 1. The van der Waals surface area contributed by atoms with E-state index in [-0.39, 0.29) is 12.1 Å². The Morgan fingerprint density at radius 1 is 0.969 bits per heavy atom. The van der Waals surface area contributed by atoms with E-state index in [9.17, 15) is 0 Å². The maximum absolute atomic E-state index is 6.16. The summed E-state index contributed by atoms with van der Waals surface area (Å²) in [5, 5.41) is 4.83. The van der Waals surface area contributed by atoms with Crippen LogP contribution < -0.4 is 15.0 Å². The fraction of sp³-hybridized carbons (Fsp3) is 0.120. The Hall–Kier alpha value is -3.35. The number of halogens is 1. The summed E-state index contributed by atoms with van der Waals surface area (Å²) >= 11 is 12.0. The number of ether oxygens (including phenoxy) is 1. The van der Waals surface area contributed by atoms with Crippen molar-refractivity contribution in [3.8, 4) is 11.4 Å². The number of nitrogens with zero attached hydrogens (tertiary/aromatic N) is 3. The van der Waals surface area contributed by atoms with Gasteiger partial charge in [0.2, 0.25) is 0 Å². The molecule has 0 aliphatic carbocycles. The highest BCUT2D eigenvalue weighted by Crippen LogP contribution is 2.42. The largest absolute Gasteiger partial charge is 0.497 e. The second kappa shape index (κ2) is 8.65. The van der Waals surface area contributed by atoms with Crippen LogP contribution in [0.25, 0.3) is 5.69 Å². The van der Waals surface area contributed by atoms with Crippen LogP contribution in [0.2, 0.25) is 5.02 Å². The van der Waals surface area contributed by atoms with E-state index in [1.807, 2.05) is 72.9 Å². The molecule has 0 unspecified atom stereocenters. The standard InChI is InChI=1S/C25H21ClN4OS/c1-31-20-7-4-6-19(16-20)29-15-5-9-22(29)24-23(21-8-2-3-14-27-21)28-25(32)30(24)18-12-10-17(26)11-13-18/h2-16,23-24H,1H3,(H,28,32)/t23-,24-/m0/s1. The first-order valence-corrected chi connectivity index (χ1v) is 11.0. The molecule has 2 aromatic carbocycles. The molecule has 5 rings (SSSR count). The smallest absolute Gasteiger partial charge is 0.174 e. The number of hydrogen-bond acceptors (Lipinski definition) is 3. The third-order valence-corrected chi connectivity index (χ3v) is 6.18. The summed E-state index contributed by atoms with van der Waals surface area (Å²) in [6.45, 7) is 0. The number of rotatable bonds is 5. The molecule has 1 saturated heterocycles. The number of thiocarbonyl (C=S) groups is 1. The average molecular weight is 461 g/mol. The van der Waals surface area contributed by atoms with E-state index < -0.39 is 0 Å². The van der Waals surface area contributed by atoms with Gasteiger partial charge in [-0.15, -0.1) is 0 Å². The first kappa shape index (κ1) is 20.5. The van der Waals surface area contributed by atoms with E-state index in [1.54, 1.807) is 7.11 Å². The van der Waals surface area contributed by atoms with Gasteiger partial charge in [0.25, 0.3) is 0 Å². The van der Waals surface area contributed by atoms with Crippen molar-refractivity contribution in [1.82, 2.24) is 14.9 Å². The predicted molar refractivity (Wildman–Crippen MR) is 132 cm³/mol. The lowest BCUT2D eigenvalue weighted by molar-refractivity contribution is 0.414. The molecule has 3 heterocycles. The van der Waals surface area contributed by atoms with Gasteiger partial charge in [0.1, 0.15) is 11.8 Å². The van der Waals surface area contributed by atoms with Crippen LogP contribution in [0.15, 0.2) is 91.3 Å². The number of hydrogen-bond donors (Lipinski definition) is 1. The maximum Gasteiger partial charge on any atom is 0.174 e. The number of benzene rings is 2. The highest BCUT2D eigenvalue weighted by atomic mass is 35.5. The molecule has 1 fully saturated rings. The van der Waals surface area contributed by atoms with Crippen molar-refractivity contribution in [2.24, 2.45) is 0 Å². The van der Waals surface area contributed by atoms with Crippen LogP contribution in [-0.2, 0) is 0 Å². The zero-order valence-electron chi connectivity index (χ0n) is 17.4. The first-order valence-electron chi connectivity index (χ1n) is 10.2. The van der Waals surface area contributed by atoms with Crippen molar-refractivity contribution in [3.63, 3.8) is 0 Å². The molecular formula is C25H21ClN4OS. The fourth-order valence-corrected chi connectivity index (χ4v) is 4.64. The molecule has 1 N–H and O–H groups in total. The monoisotopic (exact) mass is 460 g/mol. The van der Waals surface area contributed by atoms with Crippen molar-refractivity contribution in [3.05, 3.63) is 108 Å². The minimum Gasteiger partial charge on any atom is -0.497 e. The molecule has 0 amide bonds. The molecule has 0 bridgehead atoms. The van der Waals surface area contributed by atoms with Crippen molar-refractivity contribution in [2.45, 2.75) is 12.1 Å². The summed E-state index contributed by atoms with van der Waals surface area (Å²) in [5.74, 6) is 0.804. The molecule has 1 aliphatic heterocycles.